The molecule has 1 aliphatic heterocycles. The highest BCUT2D eigenvalue weighted by molar-refractivity contribution is 5.95. The van der Waals surface area contributed by atoms with Crippen molar-refractivity contribution in [2.24, 2.45) is 5.41 Å². The van der Waals surface area contributed by atoms with E-state index in [1.54, 1.807) is 14.2 Å². The zero-order valence-electron chi connectivity index (χ0n) is 16.5. The number of halogens is 1. The first-order valence-electron chi connectivity index (χ1n) is 9.39. The summed E-state index contributed by atoms with van der Waals surface area (Å²) in [6.45, 7) is 2.10. The lowest BCUT2D eigenvalue weighted by molar-refractivity contribution is -0.130. The summed E-state index contributed by atoms with van der Waals surface area (Å²) in [6.07, 6.45) is 2.31. The Hall–Kier alpha value is -2.08. The van der Waals surface area contributed by atoms with Crippen LogP contribution in [0.3, 0.4) is 0 Å². The SMILES string of the molecule is COCC1(C(=O)Nc2ccc(OC)c(Cc3ccccc3)c2)CCNCC1.Cl. The molecule has 1 aliphatic rings. The molecule has 0 saturated carbocycles. The Morgan fingerprint density at radius 2 is 1.82 bits per heavy atom. The summed E-state index contributed by atoms with van der Waals surface area (Å²) in [5, 5.41) is 6.43. The summed E-state index contributed by atoms with van der Waals surface area (Å²) < 4.78 is 10.9. The third-order valence-corrected chi connectivity index (χ3v) is 5.24. The highest BCUT2D eigenvalue weighted by Crippen LogP contribution is 2.32. The number of hydrogen-bond donors (Lipinski definition) is 2. The van der Waals surface area contributed by atoms with Crippen LogP contribution in [0.4, 0.5) is 5.69 Å². The molecule has 1 fully saturated rings. The van der Waals surface area contributed by atoms with Crippen LogP contribution in [0.25, 0.3) is 0 Å². The minimum absolute atomic E-state index is 0. The van der Waals surface area contributed by atoms with Gasteiger partial charge in [0, 0.05) is 24.8 Å². The van der Waals surface area contributed by atoms with E-state index in [4.69, 9.17) is 9.47 Å². The zero-order chi connectivity index (χ0) is 19.1. The number of nitrogens with one attached hydrogen (secondary N) is 2. The van der Waals surface area contributed by atoms with Crippen LogP contribution in [-0.4, -0.2) is 39.8 Å². The number of methoxy groups -OCH3 is 2. The Kier molecular flexibility index (Phi) is 8.30. The molecule has 1 heterocycles. The molecule has 0 aliphatic carbocycles. The van der Waals surface area contributed by atoms with Gasteiger partial charge in [0.25, 0.3) is 0 Å². The highest BCUT2D eigenvalue weighted by atomic mass is 35.5. The van der Waals surface area contributed by atoms with Crippen LogP contribution in [0.2, 0.25) is 0 Å². The van der Waals surface area contributed by atoms with Gasteiger partial charge in [0.05, 0.1) is 19.1 Å². The molecule has 1 saturated heterocycles. The second-order valence-corrected chi connectivity index (χ2v) is 7.11. The van der Waals surface area contributed by atoms with Gasteiger partial charge < -0.3 is 20.1 Å². The van der Waals surface area contributed by atoms with Crippen molar-refractivity contribution in [1.29, 1.82) is 0 Å². The minimum atomic E-state index is -0.473. The molecule has 0 bridgehead atoms. The van der Waals surface area contributed by atoms with Crippen LogP contribution in [0.15, 0.2) is 48.5 Å². The van der Waals surface area contributed by atoms with Gasteiger partial charge in [-0.2, -0.15) is 0 Å². The van der Waals surface area contributed by atoms with Gasteiger partial charge in [-0.3, -0.25) is 4.79 Å². The number of rotatable bonds is 7. The molecule has 5 nitrogen and oxygen atoms in total. The van der Waals surface area contributed by atoms with Crippen molar-refractivity contribution < 1.29 is 14.3 Å². The molecule has 2 aromatic rings. The maximum Gasteiger partial charge on any atom is 0.233 e. The lowest BCUT2D eigenvalue weighted by Gasteiger charge is -2.35. The molecular formula is C22H29ClN2O3. The fraction of sp³-hybridized carbons (Fsp3) is 0.409. The van der Waals surface area contributed by atoms with E-state index < -0.39 is 5.41 Å². The molecule has 3 rings (SSSR count). The van der Waals surface area contributed by atoms with Gasteiger partial charge >= 0.3 is 0 Å². The Morgan fingerprint density at radius 3 is 2.46 bits per heavy atom. The lowest BCUT2D eigenvalue weighted by atomic mass is 9.78. The number of piperidine rings is 1. The molecule has 0 radical (unpaired) electrons. The van der Waals surface area contributed by atoms with Crippen molar-refractivity contribution in [3.05, 3.63) is 59.7 Å². The topological polar surface area (TPSA) is 59.6 Å². The van der Waals surface area contributed by atoms with Gasteiger partial charge in [0.2, 0.25) is 5.91 Å². The van der Waals surface area contributed by atoms with Crippen molar-refractivity contribution in [3.8, 4) is 5.75 Å². The largest absolute Gasteiger partial charge is 0.496 e. The quantitative estimate of drug-likeness (QED) is 0.739. The number of ether oxygens (including phenoxy) is 2. The van der Waals surface area contributed by atoms with Crippen LogP contribution in [-0.2, 0) is 16.0 Å². The van der Waals surface area contributed by atoms with Gasteiger partial charge in [-0.1, -0.05) is 30.3 Å². The van der Waals surface area contributed by atoms with Gasteiger partial charge in [0.1, 0.15) is 5.75 Å². The predicted molar refractivity (Wildman–Crippen MR) is 115 cm³/mol. The number of amides is 1. The van der Waals surface area contributed by atoms with Crippen molar-refractivity contribution in [3.63, 3.8) is 0 Å². The minimum Gasteiger partial charge on any atom is -0.496 e. The smallest absolute Gasteiger partial charge is 0.233 e. The van der Waals surface area contributed by atoms with Crippen LogP contribution in [0.1, 0.15) is 24.0 Å². The third kappa shape index (κ3) is 5.25. The van der Waals surface area contributed by atoms with E-state index in [2.05, 4.69) is 22.8 Å². The van der Waals surface area contributed by atoms with E-state index in [0.717, 1.165) is 49.4 Å². The molecule has 0 spiro atoms. The second-order valence-electron chi connectivity index (χ2n) is 7.11. The number of carbonyl (C=O) groups is 1. The van der Waals surface area contributed by atoms with Crippen molar-refractivity contribution in [1.82, 2.24) is 5.32 Å². The first kappa shape index (κ1) is 22.2. The molecule has 2 aromatic carbocycles. The summed E-state index contributed by atoms with van der Waals surface area (Å²) in [5.41, 5.74) is 2.57. The standard InChI is InChI=1S/C22H28N2O3.ClH/c1-26-16-22(10-12-23-13-11-22)21(25)24-19-8-9-20(27-2)18(15-19)14-17-6-4-3-5-7-17;/h3-9,15,23H,10-14,16H2,1-2H3,(H,24,25);1H. The Bertz CT molecular complexity index is 756. The molecule has 152 valence electrons. The Morgan fingerprint density at radius 1 is 1.11 bits per heavy atom. The fourth-order valence-electron chi connectivity index (χ4n) is 3.69. The Balaban J connectivity index is 0.00000280. The number of anilines is 1. The molecule has 28 heavy (non-hydrogen) atoms. The summed E-state index contributed by atoms with van der Waals surface area (Å²) in [5.74, 6) is 0.854. The molecule has 1 amide bonds. The average molecular weight is 405 g/mol. The second kappa shape index (κ2) is 10.5. The molecule has 2 N–H and O–H groups in total. The van der Waals surface area contributed by atoms with Crippen LogP contribution >= 0.6 is 12.4 Å². The van der Waals surface area contributed by atoms with E-state index >= 15 is 0 Å². The fourth-order valence-corrected chi connectivity index (χ4v) is 3.69. The zero-order valence-corrected chi connectivity index (χ0v) is 17.3. The molecule has 0 atom stereocenters. The summed E-state index contributed by atoms with van der Waals surface area (Å²) >= 11 is 0. The van der Waals surface area contributed by atoms with Crippen molar-refractivity contribution in [2.75, 3.05) is 39.2 Å². The van der Waals surface area contributed by atoms with Gasteiger partial charge in [-0.25, -0.2) is 0 Å². The first-order valence-corrected chi connectivity index (χ1v) is 9.39. The van der Waals surface area contributed by atoms with Gasteiger partial charge in [-0.05, 0) is 49.7 Å². The maximum absolute atomic E-state index is 13.1. The average Bonchev–Trinajstić information content (AvgIpc) is 2.70. The molecule has 6 heteroatoms. The monoisotopic (exact) mass is 404 g/mol. The van der Waals surface area contributed by atoms with Crippen LogP contribution in [0.5, 0.6) is 5.75 Å². The molecule has 0 aromatic heterocycles. The summed E-state index contributed by atoms with van der Waals surface area (Å²) in [7, 11) is 3.33. The lowest BCUT2D eigenvalue weighted by Crippen LogP contribution is -2.47. The Labute approximate surface area is 173 Å². The predicted octanol–water partition coefficient (Wildman–Crippen LogP) is 3.66. The number of hydrogen-bond acceptors (Lipinski definition) is 4. The van der Waals surface area contributed by atoms with E-state index in [-0.39, 0.29) is 18.3 Å². The van der Waals surface area contributed by atoms with E-state index in [9.17, 15) is 4.79 Å². The number of carbonyl (C=O) groups excluding carboxylic acids is 1. The van der Waals surface area contributed by atoms with Gasteiger partial charge in [-0.15, -0.1) is 12.4 Å². The van der Waals surface area contributed by atoms with E-state index in [0.29, 0.717) is 6.61 Å². The summed E-state index contributed by atoms with van der Waals surface area (Å²) in [6, 6.07) is 16.1. The number of benzene rings is 2. The van der Waals surface area contributed by atoms with Gasteiger partial charge in [0.15, 0.2) is 0 Å². The normalized spacial score (nSPS) is 15.4. The first-order chi connectivity index (χ1) is 13.2. The van der Waals surface area contributed by atoms with Crippen molar-refractivity contribution in [2.45, 2.75) is 19.3 Å². The third-order valence-electron chi connectivity index (χ3n) is 5.24. The summed E-state index contributed by atoms with van der Waals surface area (Å²) in [4.78, 5) is 13.1. The van der Waals surface area contributed by atoms with Crippen LogP contribution in [0, 0.1) is 5.41 Å². The van der Waals surface area contributed by atoms with E-state index in [1.807, 2.05) is 36.4 Å². The highest BCUT2D eigenvalue weighted by Gasteiger charge is 2.39. The van der Waals surface area contributed by atoms with E-state index in [1.165, 1.54) is 5.56 Å². The van der Waals surface area contributed by atoms with Crippen LogP contribution < -0.4 is 15.4 Å². The molecule has 0 unspecified atom stereocenters. The maximum atomic E-state index is 13.1. The van der Waals surface area contributed by atoms with Crippen molar-refractivity contribution >= 4 is 24.0 Å². The molecular weight excluding hydrogens is 376 g/mol.